The first-order valence-corrected chi connectivity index (χ1v) is 5.44. The molecule has 0 bridgehead atoms. The third-order valence-corrected chi connectivity index (χ3v) is 3.06. The van der Waals surface area contributed by atoms with Gasteiger partial charge in [0.25, 0.3) is 6.47 Å². The number of pyridine rings is 1. The fourth-order valence-electron chi connectivity index (χ4n) is 2.10. The third-order valence-electron chi connectivity index (χ3n) is 3.06. The second kappa shape index (κ2) is 4.47. The van der Waals surface area contributed by atoms with Crippen LogP contribution < -0.4 is 0 Å². The second-order valence-electron chi connectivity index (χ2n) is 4.14. The van der Waals surface area contributed by atoms with Crippen molar-refractivity contribution in [2.75, 3.05) is 0 Å². The predicted molar refractivity (Wildman–Crippen MR) is 61.7 cm³/mol. The van der Waals surface area contributed by atoms with Crippen molar-refractivity contribution in [3.05, 3.63) is 35.2 Å². The Morgan fingerprint density at radius 2 is 2.25 bits per heavy atom. The van der Waals surface area contributed by atoms with E-state index in [1.807, 2.05) is 26.1 Å². The lowest BCUT2D eigenvalue weighted by Crippen LogP contribution is -2.08. The van der Waals surface area contributed by atoms with Crippen molar-refractivity contribution in [1.29, 1.82) is 0 Å². The van der Waals surface area contributed by atoms with Crippen molar-refractivity contribution >= 4 is 12.0 Å². The van der Waals surface area contributed by atoms with Gasteiger partial charge in [0.15, 0.2) is 0 Å². The fourth-order valence-corrected chi connectivity index (χ4v) is 2.10. The van der Waals surface area contributed by atoms with Crippen LogP contribution in [0.25, 0.3) is 5.57 Å². The summed E-state index contributed by atoms with van der Waals surface area (Å²) in [5, 5.41) is 0. The zero-order chi connectivity index (χ0) is 11.5. The van der Waals surface area contributed by atoms with Crippen molar-refractivity contribution < 1.29 is 9.53 Å². The van der Waals surface area contributed by atoms with E-state index in [1.165, 1.54) is 5.57 Å². The number of hydrogen-bond donors (Lipinski definition) is 0. The number of carbonyl (C=O) groups is 1. The number of hydrogen-bond acceptors (Lipinski definition) is 3. The van der Waals surface area contributed by atoms with E-state index in [1.54, 1.807) is 0 Å². The van der Waals surface area contributed by atoms with Crippen LogP contribution in [0.1, 0.15) is 31.0 Å². The minimum atomic E-state index is -0.0596. The minimum absolute atomic E-state index is 0.0596. The summed E-state index contributed by atoms with van der Waals surface area (Å²) in [4.78, 5) is 14.7. The van der Waals surface area contributed by atoms with Crippen LogP contribution in [-0.4, -0.2) is 17.6 Å². The van der Waals surface area contributed by atoms with Crippen LogP contribution >= 0.6 is 0 Å². The number of allylic oxidation sites excluding steroid dienone is 1. The van der Waals surface area contributed by atoms with Gasteiger partial charge in [0.05, 0.1) is 5.69 Å². The van der Waals surface area contributed by atoms with Crippen LogP contribution in [0.3, 0.4) is 0 Å². The number of carbonyl (C=O) groups excluding carboxylic acids is 1. The molecule has 0 aliphatic heterocycles. The smallest absolute Gasteiger partial charge is 0.293 e. The fraction of sp³-hybridized carbons (Fsp3) is 0.385. The summed E-state index contributed by atoms with van der Waals surface area (Å²) >= 11 is 0. The highest BCUT2D eigenvalue weighted by Crippen LogP contribution is 2.34. The van der Waals surface area contributed by atoms with Gasteiger partial charge < -0.3 is 4.74 Å². The van der Waals surface area contributed by atoms with E-state index in [4.69, 9.17) is 4.74 Å². The molecule has 0 radical (unpaired) electrons. The van der Waals surface area contributed by atoms with E-state index in [0.717, 1.165) is 29.7 Å². The number of aryl methyl sites for hydroxylation is 1. The van der Waals surface area contributed by atoms with Gasteiger partial charge in [-0.2, -0.15) is 0 Å². The van der Waals surface area contributed by atoms with Crippen LogP contribution in [0.4, 0.5) is 0 Å². The molecule has 0 aromatic carbocycles. The summed E-state index contributed by atoms with van der Waals surface area (Å²) in [5.41, 5.74) is 4.50. The van der Waals surface area contributed by atoms with Crippen LogP contribution in [-0.2, 0) is 9.53 Å². The maximum atomic E-state index is 10.3. The normalized spacial score (nSPS) is 20.0. The molecule has 0 saturated carbocycles. The molecular weight excluding hydrogens is 202 g/mol. The maximum absolute atomic E-state index is 10.3. The largest absolute Gasteiger partial charge is 0.460 e. The molecule has 84 valence electrons. The summed E-state index contributed by atoms with van der Waals surface area (Å²) in [6.45, 7) is 4.56. The molecule has 1 aliphatic rings. The quantitative estimate of drug-likeness (QED) is 0.730. The molecule has 3 nitrogen and oxygen atoms in total. The third kappa shape index (κ3) is 1.98. The Morgan fingerprint density at radius 3 is 2.88 bits per heavy atom. The van der Waals surface area contributed by atoms with E-state index in [9.17, 15) is 4.79 Å². The number of rotatable bonds is 3. The Morgan fingerprint density at radius 1 is 1.44 bits per heavy atom. The zero-order valence-corrected chi connectivity index (χ0v) is 9.56. The molecule has 0 amide bonds. The summed E-state index contributed by atoms with van der Waals surface area (Å²) in [7, 11) is 0. The molecule has 1 aliphatic carbocycles. The van der Waals surface area contributed by atoms with Gasteiger partial charge in [-0.1, -0.05) is 6.07 Å². The lowest BCUT2D eigenvalue weighted by molar-refractivity contribution is -0.131. The minimum Gasteiger partial charge on any atom is -0.460 e. The van der Waals surface area contributed by atoms with Gasteiger partial charge in [-0.3, -0.25) is 9.78 Å². The summed E-state index contributed by atoms with van der Waals surface area (Å²) in [6, 6.07) is 4.08. The van der Waals surface area contributed by atoms with Gasteiger partial charge in [0, 0.05) is 6.20 Å². The van der Waals surface area contributed by atoms with Crippen LogP contribution in [0.5, 0.6) is 0 Å². The van der Waals surface area contributed by atoms with Crippen molar-refractivity contribution in [1.82, 2.24) is 4.98 Å². The van der Waals surface area contributed by atoms with Gasteiger partial charge in [-0.05, 0) is 49.5 Å². The summed E-state index contributed by atoms with van der Waals surface area (Å²) in [5.74, 6) is 0. The summed E-state index contributed by atoms with van der Waals surface area (Å²) in [6.07, 6.45) is 3.61. The predicted octanol–water partition coefficient (Wildman–Crippen LogP) is 2.50. The molecule has 1 aromatic rings. The molecule has 0 N–H and O–H groups in total. The number of nitrogens with zero attached hydrogens (tertiary/aromatic N) is 1. The molecule has 2 rings (SSSR count). The Bertz CT molecular complexity index is 420. The molecule has 0 saturated heterocycles. The van der Waals surface area contributed by atoms with Crippen LogP contribution in [0.2, 0.25) is 0 Å². The van der Waals surface area contributed by atoms with Gasteiger partial charge in [0.1, 0.15) is 6.10 Å². The van der Waals surface area contributed by atoms with Crippen LogP contribution in [0.15, 0.2) is 23.9 Å². The number of ether oxygens (including phenoxy) is 1. The first kappa shape index (κ1) is 10.9. The monoisotopic (exact) mass is 217 g/mol. The molecule has 0 spiro atoms. The molecule has 16 heavy (non-hydrogen) atoms. The topological polar surface area (TPSA) is 39.2 Å². The average molecular weight is 217 g/mol. The van der Waals surface area contributed by atoms with Gasteiger partial charge in [-0.15, -0.1) is 0 Å². The first-order valence-electron chi connectivity index (χ1n) is 5.44. The van der Waals surface area contributed by atoms with Crippen molar-refractivity contribution in [2.45, 2.75) is 32.8 Å². The molecule has 1 heterocycles. The van der Waals surface area contributed by atoms with Crippen LogP contribution in [0, 0.1) is 6.92 Å². The van der Waals surface area contributed by atoms with E-state index >= 15 is 0 Å². The lowest BCUT2D eigenvalue weighted by Gasteiger charge is -2.09. The molecule has 1 atom stereocenters. The second-order valence-corrected chi connectivity index (χ2v) is 4.14. The van der Waals surface area contributed by atoms with Crippen molar-refractivity contribution in [2.24, 2.45) is 0 Å². The first-order chi connectivity index (χ1) is 7.72. The lowest BCUT2D eigenvalue weighted by atomic mass is 10.1. The maximum Gasteiger partial charge on any atom is 0.293 e. The molecule has 1 unspecified atom stereocenters. The highest BCUT2D eigenvalue weighted by molar-refractivity contribution is 5.69. The Kier molecular flexibility index (Phi) is 3.04. The van der Waals surface area contributed by atoms with E-state index in [0.29, 0.717) is 6.47 Å². The molecule has 1 aromatic heterocycles. The molecule has 0 fully saturated rings. The van der Waals surface area contributed by atoms with E-state index in [2.05, 4.69) is 11.1 Å². The Labute approximate surface area is 95.2 Å². The number of aromatic nitrogens is 1. The van der Waals surface area contributed by atoms with E-state index in [-0.39, 0.29) is 6.10 Å². The highest BCUT2D eigenvalue weighted by Gasteiger charge is 2.24. The Hall–Kier alpha value is -1.64. The molecule has 3 heteroatoms. The van der Waals surface area contributed by atoms with Gasteiger partial charge in [-0.25, -0.2) is 0 Å². The molecular formula is C13H15NO2. The zero-order valence-electron chi connectivity index (χ0n) is 9.56. The summed E-state index contributed by atoms with van der Waals surface area (Å²) < 4.78 is 5.02. The average Bonchev–Trinajstić information content (AvgIpc) is 2.63. The van der Waals surface area contributed by atoms with E-state index < -0.39 is 0 Å². The van der Waals surface area contributed by atoms with Gasteiger partial charge >= 0.3 is 0 Å². The Balaban J connectivity index is 2.27. The SMILES string of the molecule is CC1=C(c2ccc(C)cn2)CCC1OC=O. The van der Waals surface area contributed by atoms with Crippen molar-refractivity contribution in [3.8, 4) is 0 Å². The highest BCUT2D eigenvalue weighted by atomic mass is 16.5. The standard InChI is InChI=1S/C13H15NO2/c1-9-3-5-12(14-7-9)11-4-6-13(10(11)2)16-8-15/h3,5,7-8,13H,4,6H2,1-2H3. The van der Waals surface area contributed by atoms with Gasteiger partial charge in [0.2, 0.25) is 0 Å². The van der Waals surface area contributed by atoms with Crippen molar-refractivity contribution in [3.63, 3.8) is 0 Å².